The van der Waals surface area contributed by atoms with Crippen LogP contribution < -0.4 is 10.2 Å². The minimum Gasteiger partial charge on any atom is -0.352 e. The third-order valence-corrected chi connectivity index (χ3v) is 4.01. The van der Waals surface area contributed by atoms with E-state index in [4.69, 9.17) is 0 Å². The Bertz CT molecular complexity index is 619. The first-order chi connectivity index (χ1) is 11.3. The molecule has 120 valence electrons. The van der Waals surface area contributed by atoms with E-state index in [2.05, 4.69) is 25.2 Å². The molecule has 0 aliphatic carbocycles. The van der Waals surface area contributed by atoms with Gasteiger partial charge in [-0.3, -0.25) is 9.78 Å². The SMILES string of the molecule is O=C(CCc1ccncc1)N[C@@H]1CCCN(c2ncccn2)C1. The second kappa shape index (κ2) is 7.67. The van der Waals surface area contributed by atoms with Crippen LogP contribution in [0.15, 0.2) is 43.0 Å². The van der Waals surface area contributed by atoms with Crippen molar-refractivity contribution in [1.82, 2.24) is 20.3 Å². The number of amides is 1. The monoisotopic (exact) mass is 311 g/mol. The lowest BCUT2D eigenvalue weighted by Crippen LogP contribution is -2.48. The van der Waals surface area contributed by atoms with E-state index in [-0.39, 0.29) is 11.9 Å². The van der Waals surface area contributed by atoms with Crippen LogP contribution in [-0.2, 0) is 11.2 Å². The highest BCUT2D eigenvalue weighted by Crippen LogP contribution is 2.15. The van der Waals surface area contributed by atoms with E-state index in [0.29, 0.717) is 6.42 Å². The van der Waals surface area contributed by atoms with Gasteiger partial charge in [0, 0.05) is 50.3 Å². The summed E-state index contributed by atoms with van der Waals surface area (Å²) < 4.78 is 0. The van der Waals surface area contributed by atoms with Crippen LogP contribution in [0.4, 0.5) is 5.95 Å². The molecule has 1 amide bonds. The van der Waals surface area contributed by atoms with Crippen molar-refractivity contribution in [2.75, 3.05) is 18.0 Å². The number of piperidine rings is 1. The van der Waals surface area contributed by atoms with Crippen molar-refractivity contribution >= 4 is 11.9 Å². The molecule has 1 aliphatic rings. The lowest BCUT2D eigenvalue weighted by atomic mass is 10.1. The molecule has 23 heavy (non-hydrogen) atoms. The zero-order valence-corrected chi connectivity index (χ0v) is 13.1. The second-order valence-electron chi connectivity index (χ2n) is 5.76. The molecule has 1 atom stereocenters. The van der Waals surface area contributed by atoms with Gasteiger partial charge >= 0.3 is 0 Å². The van der Waals surface area contributed by atoms with Gasteiger partial charge in [-0.05, 0) is 43.0 Å². The largest absolute Gasteiger partial charge is 0.352 e. The number of hydrogen-bond donors (Lipinski definition) is 1. The fraction of sp³-hybridized carbons (Fsp3) is 0.412. The molecule has 6 nitrogen and oxygen atoms in total. The maximum Gasteiger partial charge on any atom is 0.225 e. The van der Waals surface area contributed by atoms with E-state index < -0.39 is 0 Å². The molecule has 0 aromatic carbocycles. The van der Waals surface area contributed by atoms with Gasteiger partial charge in [0.1, 0.15) is 0 Å². The van der Waals surface area contributed by atoms with E-state index in [1.54, 1.807) is 24.8 Å². The Morgan fingerprint density at radius 2 is 2.00 bits per heavy atom. The number of carbonyl (C=O) groups excluding carboxylic acids is 1. The zero-order chi connectivity index (χ0) is 15.9. The van der Waals surface area contributed by atoms with Gasteiger partial charge in [-0.15, -0.1) is 0 Å². The van der Waals surface area contributed by atoms with Crippen molar-refractivity contribution in [3.05, 3.63) is 48.5 Å². The summed E-state index contributed by atoms with van der Waals surface area (Å²) in [6.07, 6.45) is 10.3. The van der Waals surface area contributed by atoms with Crippen molar-refractivity contribution in [2.45, 2.75) is 31.7 Å². The summed E-state index contributed by atoms with van der Waals surface area (Å²) in [6, 6.07) is 5.87. The first kappa shape index (κ1) is 15.4. The number of nitrogens with one attached hydrogen (secondary N) is 1. The number of rotatable bonds is 5. The molecular formula is C17H21N5O. The second-order valence-corrected chi connectivity index (χ2v) is 5.76. The van der Waals surface area contributed by atoms with Crippen molar-refractivity contribution < 1.29 is 4.79 Å². The summed E-state index contributed by atoms with van der Waals surface area (Å²) in [6.45, 7) is 1.71. The number of hydrogen-bond acceptors (Lipinski definition) is 5. The Morgan fingerprint density at radius 1 is 1.22 bits per heavy atom. The first-order valence-corrected chi connectivity index (χ1v) is 8.01. The summed E-state index contributed by atoms with van der Waals surface area (Å²) >= 11 is 0. The Kier molecular flexibility index (Phi) is 5.13. The molecule has 1 saturated heterocycles. The Labute approximate surface area is 136 Å². The maximum atomic E-state index is 12.2. The topological polar surface area (TPSA) is 71.0 Å². The van der Waals surface area contributed by atoms with Crippen LogP contribution in [0.2, 0.25) is 0 Å². The molecule has 0 radical (unpaired) electrons. The highest BCUT2D eigenvalue weighted by atomic mass is 16.1. The van der Waals surface area contributed by atoms with Gasteiger partial charge in [0.25, 0.3) is 0 Å². The maximum absolute atomic E-state index is 12.2. The molecule has 3 rings (SSSR count). The fourth-order valence-corrected chi connectivity index (χ4v) is 2.84. The van der Waals surface area contributed by atoms with Crippen LogP contribution in [0.5, 0.6) is 0 Å². The van der Waals surface area contributed by atoms with Crippen molar-refractivity contribution in [3.8, 4) is 0 Å². The molecule has 0 bridgehead atoms. The molecular weight excluding hydrogens is 290 g/mol. The minimum absolute atomic E-state index is 0.0997. The number of pyridine rings is 1. The van der Waals surface area contributed by atoms with E-state index in [1.807, 2.05) is 18.2 Å². The third kappa shape index (κ3) is 4.48. The first-order valence-electron chi connectivity index (χ1n) is 8.01. The molecule has 3 heterocycles. The van der Waals surface area contributed by atoms with Gasteiger partial charge in [0.05, 0.1) is 0 Å². The van der Waals surface area contributed by atoms with Crippen molar-refractivity contribution in [3.63, 3.8) is 0 Å². The lowest BCUT2D eigenvalue weighted by molar-refractivity contribution is -0.121. The summed E-state index contributed by atoms with van der Waals surface area (Å²) in [7, 11) is 0. The highest BCUT2D eigenvalue weighted by molar-refractivity contribution is 5.76. The highest BCUT2D eigenvalue weighted by Gasteiger charge is 2.22. The Morgan fingerprint density at radius 3 is 2.78 bits per heavy atom. The van der Waals surface area contributed by atoms with Gasteiger partial charge in [-0.1, -0.05) is 0 Å². The van der Waals surface area contributed by atoms with Crippen LogP contribution in [-0.4, -0.2) is 40.0 Å². The Balaban J connectivity index is 1.48. The smallest absolute Gasteiger partial charge is 0.225 e. The normalized spacial score (nSPS) is 17.7. The average Bonchev–Trinajstić information content (AvgIpc) is 2.62. The summed E-state index contributed by atoms with van der Waals surface area (Å²) in [4.78, 5) is 26.8. The van der Waals surface area contributed by atoms with Crippen LogP contribution in [0.25, 0.3) is 0 Å². The predicted molar refractivity (Wildman–Crippen MR) is 88.0 cm³/mol. The molecule has 0 unspecified atom stereocenters. The fourth-order valence-electron chi connectivity index (χ4n) is 2.84. The molecule has 6 heteroatoms. The number of aromatic nitrogens is 3. The van der Waals surface area contributed by atoms with E-state index in [0.717, 1.165) is 43.9 Å². The molecule has 0 spiro atoms. The van der Waals surface area contributed by atoms with E-state index >= 15 is 0 Å². The van der Waals surface area contributed by atoms with E-state index in [1.165, 1.54) is 0 Å². The molecule has 1 aliphatic heterocycles. The van der Waals surface area contributed by atoms with Crippen molar-refractivity contribution in [1.29, 1.82) is 0 Å². The molecule has 1 N–H and O–H groups in total. The summed E-state index contributed by atoms with van der Waals surface area (Å²) in [5.41, 5.74) is 1.14. The van der Waals surface area contributed by atoms with E-state index in [9.17, 15) is 4.79 Å². The minimum atomic E-state index is 0.0997. The van der Waals surface area contributed by atoms with Crippen LogP contribution >= 0.6 is 0 Å². The number of nitrogens with zero attached hydrogens (tertiary/aromatic N) is 4. The number of aryl methyl sites for hydroxylation is 1. The van der Waals surface area contributed by atoms with Gasteiger partial charge in [0.2, 0.25) is 11.9 Å². The van der Waals surface area contributed by atoms with Crippen LogP contribution in [0.3, 0.4) is 0 Å². The van der Waals surface area contributed by atoms with Crippen molar-refractivity contribution in [2.24, 2.45) is 0 Å². The number of anilines is 1. The quantitative estimate of drug-likeness (QED) is 0.908. The standard InChI is InChI=1S/C17H21N5O/c23-16(5-4-14-6-10-18-11-7-14)21-15-3-1-12-22(13-15)17-19-8-2-9-20-17/h2,6-11,15H,1,3-5,12-13H2,(H,21,23)/t15-/m1/s1. The molecule has 0 saturated carbocycles. The summed E-state index contributed by atoms with van der Waals surface area (Å²) in [5, 5.41) is 3.14. The summed E-state index contributed by atoms with van der Waals surface area (Å²) in [5.74, 6) is 0.839. The number of carbonyl (C=O) groups is 1. The third-order valence-electron chi connectivity index (χ3n) is 4.01. The predicted octanol–water partition coefficient (Wildman–Crippen LogP) is 1.59. The van der Waals surface area contributed by atoms with Gasteiger partial charge in [0.15, 0.2) is 0 Å². The molecule has 2 aromatic rings. The average molecular weight is 311 g/mol. The van der Waals surface area contributed by atoms with Gasteiger partial charge in [-0.25, -0.2) is 9.97 Å². The van der Waals surface area contributed by atoms with Crippen LogP contribution in [0.1, 0.15) is 24.8 Å². The molecule has 2 aromatic heterocycles. The van der Waals surface area contributed by atoms with Gasteiger partial charge in [-0.2, -0.15) is 0 Å². The Hall–Kier alpha value is -2.50. The van der Waals surface area contributed by atoms with Gasteiger partial charge < -0.3 is 10.2 Å². The zero-order valence-electron chi connectivity index (χ0n) is 13.1. The molecule has 1 fully saturated rings. The lowest BCUT2D eigenvalue weighted by Gasteiger charge is -2.33. The van der Waals surface area contributed by atoms with Crippen LogP contribution in [0, 0.1) is 0 Å².